The van der Waals surface area contributed by atoms with Crippen molar-refractivity contribution in [3.8, 4) is 22.8 Å². The molecular weight excluding hydrogens is 392 g/mol. The number of nitrogens with two attached hydrogens (primary N) is 1. The normalized spacial score (nSPS) is 11.9. The fourth-order valence-electron chi connectivity index (χ4n) is 2.66. The number of nitrogens with zero attached hydrogens (tertiary/aromatic N) is 2. The predicted molar refractivity (Wildman–Crippen MR) is 108 cm³/mol. The molecule has 8 nitrogen and oxygen atoms in total. The molecule has 29 heavy (non-hydrogen) atoms. The van der Waals surface area contributed by atoms with E-state index in [0.717, 1.165) is 5.56 Å². The summed E-state index contributed by atoms with van der Waals surface area (Å²) in [6.45, 7) is 0.220. The molecule has 2 heterocycles. The van der Waals surface area contributed by atoms with Crippen molar-refractivity contribution in [3.63, 3.8) is 0 Å². The second-order valence-corrected chi connectivity index (χ2v) is 7.10. The Kier molecular flexibility index (Phi) is 5.30. The number of primary amides is 1. The maximum absolute atomic E-state index is 12.1. The third kappa shape index (κ3) is 4.46. The monoisotopic (exact) mass is 408 g/mol. The molecule has 1 aromatic heterocycles. The van der Waals surface area contributed by atoms with Crippen molar-refractivity contribution in [2.45, 2.75) is 5.03 Å². The van der Waals surface area contributed by atoms with Gasteiger partial charge in [0.15, 0.2) is 11.5 Å². The summed E-state index contributed by atoms with van der Waals surface area (Å²) in [7, 11) is 0. The predicted octanol–water partition coefficient (Wildman–Crippen LogP) is 2.70. The number of anilines is 1. The van der Waals surface area contributed by atoms with Gasteiger partial charge in [0, 0.05) is 16.8 Å². The van der Waals surface area contributed by atoms with Crippen molar-refractivity contribution in [1.29, 1.82) is 0 Å². The van der Waals surface area contributed by atoms with Crippen LogP contribution in [0.2, 0.25) is 0 Å². The fourth-order valence-corrected chi connectivity index (χ4v) is 3.28. The number of carbonyl (C=O) groups excluding carboxylic acids is 2. The van der Waals surface area contributed by atoms with Crippen LogP contribution in [-0.4, -0.2) is 34.6 Å². The van der Waals surface area contributed by atoms with Crippen LogP contribution < -0.4 is 20.5 Å². The number of carbonyl (C=O) groups is 2. The van der Waals surface area contributed by atoms with Gasteiger partial charge in [-0.05, 0) is 54.6 Å². The number of rotatable bonds is 6. The number of hydrogen-bond donors (Lipinski definition) is 2. The van der Waals surface area contributed by atoms with Crippen molar-refractivity contribution in [1.82, 2.24) is 10.2 Å². The largest absolute Gasteiger partial charge is 0.454 e. The topological polar surface area (TPSA) is 116 Å². The summed E-state index contributed by atoms with van der Waals surface area (Å²) < 4.78 is 10.7. The van der Waals surface area contributed by atoms with E-state index in [9.17, 15) is 9.59 Å². The highest BCUT2D eigenvalue weighted by Crippen LogP contribution is 2.35. The molecule has 3 N–H and O–H groups in total. The van der Waals surface area contributed by atoms with Gasteiger partial charge in [0.2, 0.25) is 18.6 Å². The van der Waals surface area contributed by atoms with Crippen molar-refractivity contribution in [3.05, 3.63) is 60.2 Å². The third-order valence-corrected chi connectivity index (χ3v) is 5.03. The molecule has 4 rings (SSSR count). The smallest absolute Gasteiger partial charge is 0.248 e. The number of aromatic nitrogens is 2. The van der Waals surface area contributed by atoms with Gasteiger partial charge in [-0.1, -0.05) is 11.8 Å². The second-order valence-electron chi connectivity index (χ2n) is 6.10. The first-order chi connectivity index (χ1) is 14.1. The van der Waals surface area contributed by atoms with Crippen LogP contribution in [0.15, 0.2) is 59.6 Å². The zero-order chi connectivity index (χ0) is 20.2. The summed E-state index contributed by atoms with van der Waals surface area (Å²) in [6.07, 6.45) is 0. The molecule has 0 saturated carbocycles. The van der Waals surface area contributed by atoms with Crippen LogP contribution >= 0.6 is 11.8 Å². The lowest BCUT2D eigenvalue weighted by Crippen LogP contribution is -2.15. The van der Waals surface area contributed by atoms with Gasteiger partial charge in [0.05, 0.1) is 11.4 Å². The van der Waals surface area contributed by atoms with Gasteiger partial charge in [-0.15, -0.1) is 10.2 Å². The Morgan fingerprint density at radius 3 is 2.52 bits per heavy atom. The van der Waals surface area contributed by atoms with Gasteiger partial charge in [-0.2, -0.15) is 0 Å². The lowest BCUT2D eigenvalue weighted by atomic mass is 10.1. The Labute approximate surface area is 170 Å². The van der Waals surface area contributed by atoms with Crippen molar-refractivity contribution >= 4 is 29.3 Å². The quantitative estimate of drug-likeness (QED) is 0.602. The van der Waals surface area contributed by atoms with Crippen LogP contribution in [0.25, 0.3) is 11.3 Å². The molecule has 146 valence electrons. The molecule has 9 heteroatoms. The van der Waals surface area contributed by atoms with E-state index >= 15 is 0 Å². The third-order valence-electron chi connectivity index (χ3n) is 4.11. The van der Waals surface area contributed by atoms with E-state index in [4.69, 9.17) is 15.2 Å². The SMILES string of the molecule is NC(=O)c1ccc(NC(=O)CSc2ccc(-c3ccc4c(c3)OCO4)nn2)cc1. The highest BCUT2D eigenvalue weighted by atomic mass is 32.2. The molecule has 0 aliphatic carbocycles. The summed E-state index contributed by atoms with van der Waals surface area (Å²) in [5.41, 5.74) is 7.74. The first kappa shape index (κ1) is 18.8. The minimum atomic E-state index is -0.513. The molecule has 0 saturated heterocycles. The lowest BCUT2D eigenvalue weighted by molar-refractivity contribution is -0.113. The Hall–Kier alpha value is -3.59. The van der Waals surface area contributed by atoms with E-state index in [-0.39, 0.29) is 18.5 Å². The number of fused-ring (bicyclic) bond motifs is 1. The number of ether oxygens (including phenoxy) is 2. The highest BCUT2D eigenvalue weighted by molar-refractivity contribution is 7.99. The molecule has 0 bridgehead atoms. The van der Waals surface area contributed by atoms with E-state index < -0.39 is 5.91 Å². The van der Waals surface area contributed by atoms with Gasteiger partial charge in [0.1, 0.15) is 5.03 Å². The Morgan fingerprint density at radius 1 is 1.00 bits per heavy atom. The van der Waals surface area contributed by atoms with Crippen LogP contribution in [0.5, 0.6) is 11.5 Å². The van der Waals surface area contributed by atoms with Crippen LogP contribution in [0.1, 0.15) is 10.4 Å². The number of thioether (sulfide) groups is 1. The number of benzene rings is 2. The van der Waals surface area contributed by atoms with Crippen LogP contribution in [0, 0.1) is 0 Å². The van der Waals surface area contributed by atoms with E-state index in [2.05, 4.69) is 15.5 Å². The first-order valence-electron chi connectivity index (χ1n) is 8.65. The summed E-state index contributed by atoms with van der Waals surface area (Å²) >= 11 is 1.28. The number of amides is 2. The molecule has 0 radical (unpaired) electrons. The molecule has 0 unspecified atom stereocenters. The van der Waals surface area contributed by atoms with Crippen LogP contribution in [-0.2, 0) is 4.79 Å². The van der Waals surface area contributed by atoms with E-state index in [0.29, 0.717) is 33.5 Å². The highest BCUT2D eigenvalue weighted by Gasteiger charge is 2.14. The molecule has 0 fully saturated rings. The maximum Gasteiger partial charge on any atom is 0.248 e. The van der Waals surface area contributed by atoms with Gasteiger partial charge in [0.25, 0.3) is 0 Å². The first-order valence-corrected chi connectivity index (χ1v) is 9.63. The minimum Gasteiger partial charge on any atom is -0.454 e. The van der Waals surface area contributed by atoms with Crippen molar-refractivity contribution in [2.24, 2.45) is 5.73 Å². The van der Waals surface area contributed by atoms with Gasteiger partial charge in [-0.3, -0.25) is 9.59 Å². The van der Waals surface area contributed by atoms with Gasteiger partial charge >= 0.3 is 0 Å². The lowest BCUT2D eigenvalue weighted by Gasteiger charge is -2.06. The molecule has 1 aliphatic rings. The average Bonchev–Trinajstić information content (AvgIpc) is 3.21. The van der Waals surface area contributed by atoms with Crippen molar-refractivity contribution in [2.75, 3.05) is 17.9 Å². The average molecular weight is 408 g/mol. The minimum absolute atomic E-state index is 0.176. The summed E-state index contributed by atoms with van der Waals surface area (Å²) in [4.78, 5) is 23.2. The van der Waals surface area contributed by atoms with E-state index in [1.54, 1.807) is 24.3 Å². The molecule has 2 amide bonds. The summed E-state index contributed by atoms with van der Waals surface area (Å²) in [5, 5.41) is 11.8. The Bertz CT molecular complexity index is 1060. The Balaban J connectivity index is 1.33. The number of hydrogen-bond acceptors (Lipinski definition) is 7. The second kappa shape index (κ2) is 8.19. The Morgan fingerprint density at radius 2 is 1.79 bits per heavy atom. The molecular formula is C20H16N4O4S. The molecule has 1 aliphatic heterocycles. The number of nitrogens with one attached hydrogen (secondary N) is 1. The molecule has 3 aromatic rings. The van der Waals surface area contributed by atoms with Crippen molar-refractivity contribution < 1.29 is 19.1 Å². The zero-order valence-corrected chi connectivity index (χ0v) is 15.9. The molecule has 0 spiro atoms. The van der Waals surface area contributed by atoms with Crippen LogP contribution in [0.3, 0.4) is 0 Å². The zero-order valence-electron chi connectivity index (χ0n) is 15.1. The standard InChI is InChI=1S/C20H16N4O4S/c21-20(26)12-1-4-14(5-2-12)22-18(25)10-29-19-8-6-15(23-24-19)13-3-7-16-17(9-13)28-11-27-16/h1-9H,10-11H2,(H2,21,26)(H,22,25). The van der Waals surface area contributed by atoms with Gasteiger partial charge < -0.3 is 20.5 Å². The van der Waals surface area contributed by atoms with Gasteiger partial charge in [-0.25, -0.2) is 0 Å². The summed E-state index contributed by atoms with van der Waals surface area (Å²) in [5.74, 6) is 0.868. The molecule has 0 atom stereocenters. The molecule has 2 aromatic carbocycles. The van der Waals surface area contributed by atoms with Crippen LogP contribution in [0.4, 0.5) is 5.69 Å². The maximum atomic E-state index is 12.1. The van der Waals surface area contributed by atoms with E-state index in [1.807, 2.05) is 30.3 Å². The summed E-state index contributed by atoms with van der Waals surface area (Å²) in [6, 6.07) is 15.6. The van der Waals surface area contributed by atoms with E-state index in [1.165, 1.54) is 11.8 Å². The fraction of sp³-hybridized carbons (Fsp3) is 0.100.